The lowest BCUT2D eigenvalue weighted by Crippen LogP contribution is -2.30. The summed E-state index contributed by atoms with van der Waals surface area (Å²) in [5.41, 5.74) is 0. The van der Waals surface area contributed by atoms with Crippen molar-refractivity contribution in [2.24, 2.45) is 0 Å². The Hall–Kier alpha value is -1.85. The van der Waals surface area contributed by atoms with Crippen LogP contribution < -0.4 is 0 Å². The minimum Gasteiger partial charge on any atom is -0.462 e. The summed E-state index contributed by atoms with van der Waals surface area (Å²) in [6, 6.07) is 0. The van der Waals surface area contributed by atoms with Gasteiger partial charge in [0.1, 0.15) is 13.2 Å². The summed E-state index contributed by atoms with van der Waals surface area (Å²) in [5, 5.41) is 0. The van der Waals surface area contributed by atoms with Crippen LogP contribution in [0.4, 0.5) is 0 Å². The van der Waals surface area contributed by atoms with E-state index >= 15 is 0 Å². The number of rotatable bonds is 46. The number of carbonyl (C=O) groups is 3. The Labute approximate surface area is 354 Å². The van der Waals surface area contributed by atoms with Crippen molar-refractivity contribution in [1.82, 2.24) is 0 Å². The summed E-state index contributed by atoms with van der Waals surface area (Å²) < 4.78 is 16.8. The minimum absolute atomic E-state index is 0.0673. The van der Waals surface area contributed by atoms with Crippen LogP contribution in [0.3, 0.4) is 0 Å². The number of carbonyl (C=O) groups excluding carboxylic acids is 3. The summed E-state index contributed by atoms with van der Waals surface area (Å²) in [5.74, 6) is -0.862. The van der Waals surface area contributed by atoms with Crippen molar-refractivity contribution < 1.29 is 28.6 Å². The van der Waals surface area contributed by atoms with E-state index in [1.807, 2.05) is 0 Å². The molecule has 0 radical (unpaired) electrons. The van der Waals surface area contributed by atoms with E-state index in [0.29, 0.717) is 19.3 Å². The molecule has 0 aliphatic rings. The van der Waals surface area contributed by atoms with Gasteiger partial charge in [-0.25, -0.2) is 0 Å². The van der Waals surface area contributed by atoms with Gasteiger partial charge in [-0.1, -0.05) is 226 Å². The molecule has 1 atom stereocenters. The van der Waals surface area contributed by atoms with Crippen molar-refractivity contribution in [3.05, 3.63) is 12.2 Å². The van der Waals surface area contributed by atoms with Crippen LogP contribution in [0.5, 0.6) is 0 Å². The van der Waals surface area contributed by atoms with Crippen molar-refractivity contribution in [2.45, 2.75) is 284 Å². The predicted molar refractivity (Wildman–Crippen MR) is 243 cm³/mol. The van der Waals surface area contributed by atoms with E-state index in [1.165, 1.54) is 173 Å². The number of ether oxygens (including phenoxy) is 3. The maximum Gasteiger partial charge on any atom is 0.306 e. The van der Waals surface area contributed by atoms with Crippen LogP contribution in [0.15, 0.2) is 12.2 Å². The van der Waals surface area contributed by atoms with Crippen molar-refractivity contribution >= 4 is 17.9 Å². The molecule has 0 rings (SSSR count). The second-order valence-corrected chi connectivity index (χ2v) is 17.1. The third-order valence-electron chi connectivity index (χ3n) is 11.3. The minimum atomic E-state index is -0.765. The van der Waals surface area contributed by atoms with Crippen LogP contribution in [0, 0.1) is 0 Å². The topological polar surface area (TPSA) is 78.9 Å². The van der Waals surface area contributed by atoms with Crippen LogP contribution >= 0.6 is 0 Å². The standard InChI is InChI=1S/C51H96O6/c1-4-7-10-13-16-19-22-25-27-29-32-35-38-41-44-50(53)56-47-48(46-55-49(52)43-40-37-34-31-28-24-21-18-15-12-9-6-3)57-51(54)45-42-39-36-33-30-26-23-20-17-14-11-8-5-2/h18,21,48H,4-17,19-20,22-47H2,1-3H3/b21-18-/t48-/m1/s1. The molecule has 0 aliphatic heterocycles. The van der Waals surface area contributed by atoms with Gasteiger partial charge in [0.15, 0.2) is 6.10 Å². The van der Waals surface area contributed by atoms with E-state index in [0.717, 1.165) is 64.2 Å². The molecule has 6 nitrogen and oxygen atoms in total. The molecule has 0 saturated carbocycles. The Morgan fingerprint density at radius 1 is 0.333 bits per heavy atom. The molecule has 0 bridgehead atoms. The van der Waals surface area contributed by atoms with Gasteiger partial charge in [-0.2, -0.15) is 0 Å². The van der Waals surface area contributed by atoms with Gasteiger partial charge >= 0.3 is 17.9 Å². The molecule has 0 unspecified atom stereocenters. The molecule has 0 N–H and O–H groups in total. The largest absolute Gasteiger partial charge is 0.462 e. The molecular formula is C51H96O6. The summed E-state index contributed by atoms with van der Waals surface area (Å²) in [7, 11) is 0. The van der Waals surface area contributed by atoms with Gasteiger partial charge in [0.25, 0.3) is 0 Å². The fourth-order valence-electron chi connectivity index (χ4n) is 7.44. The first-order valence-electron chi connectivity index (χ1n) is 25.2. The molecule has 57 heavy (non-hydrogen) atoms. The fourth-order valence-corrected chi connectivity index (χ4v) is 7.44. The molecule has 336 valence electrons. The lowest BCUT2D eigenvalue weighted by atomic mass is 10.0. The Balaban J connectivity index is 4.33. The Morgan fingerprint density at radius 2 is 0.579 bits per heavy atom. The fraction of sp³-hybridized carbons (Fsp3) is 0.902. The van der Waals surface area contributed by atoms with Crippen LogP contribution in [0.2, 0.25) is 0 Å². The molecular weight excluding hydrogens is 709 g/mol. The van der Waals surface area contributed by atoms with E-state index in [4.69, 9.17) is 14.2 Å². The number of hydrogen-bond donors (Lipinski definition) is 0. The Bertz CT molecular complexity index is 885. The van der Waals surface area contributed by atoms with Gasteiger partial charge in [-0.05, 0) is 44.9 Å². The van der Waals surface area contributed by atoms with Gasteiger partial charge in [-0.3, -0.25) is 14.4 Å². The molecule has 0 amide bonds. The van der Waals surface area contributed by atoms with Crippen molar-refractivity contribution in [3.8, 4) is 0 Å². The van der Waals surface area contributed by atoms with Gasteiger partial charge in [0, 0.05) is 19.3 Å². The molecule has 0 aromatic rings. The van der Waals surface area contributed by atoms with Gasteiger partial charge in [0.2, 0.25) is 0 Å². The van der Waals surface area contributed by atoms with Gasteiger partial charge < -0.3 is 14.2 Å². The zero-order valence-corrected chi connectivity index (χ0v) is 38.4. The van der Waals surface area contributed by atoms with Crippen molar-refractivity contribution in [2.75, 3.05) is 13.2 Å². The van der Waals surface area contributed by atoms with Gasteiger partial charge in [-0.15, -0.1) is 0 Å². The van der Waals surface area contributed by atoms with Crippen LogP contribution in [-0.4, -0.2) is 37.2 Å². The van der Waals surface area contributed by atoms with E-state index in [2.05, 4.69) is 32.9 Å². The molecule has 0 spiro atoms. The van der Waals surface area contributed by atoms with Crippen LogP contribution in [-0.2, 0) is 28.6 Å². The maximum atomic E-state index is 12.8. The SMILES string of the molecule is CCCCC/C=C\CCCCCCCC(=O)OC[C@H](COC(=O)CCCCCCCCCCCCCCCC)OC(=O)CCCCCCCCCCCCCCC. The highest BCUT2D eigenvalue weighted by molar-refractivity contribution is 5.71. The second-order valence-electron chi connectivity index (χ2n) is 17.1. The number of allylic oxidation sites excluding steroid dienone is 2. The lowest BCUT2D eigenvalue weighted by Gasteiger charge is -2.18. The molecule has 0 aromatic heterocycles. The summed E-state index contributed by atoms with van der Waals surface area (Å²) in [4.78, 5) is 37.9. The molecule has 0 saturated heterocycles. The average Bonchev–Trinajstić information content (AvgIpc) is 3.21. The third-order valence-corrected chi connectivity index (χ3v) is 11.3. The zero-order valence-electron chi connectivity index (χ0n) is 38.4. The van der Waals surface area contributed by atoms with Crippen molar-refractivity contribution in [3.63, 3.8) is 0 Å². The quantitative estimate of drug-likeness (QED) is 0.0264. The zero-order chi connectivity index (χ0) is 41.5. The first-order chi connectivity index (χ1) is 28.0. The van der Waals surface area contributed by atoms with E-state index < -0.39 is 6.10 Å². The highest BCUT2D eigenvalue weighted by Gasteiger charge is 2.19. The average molecular weight is 805 g/mol. The first-order valence-corrected chi connectivity index (χ1v) is 25.2. The van der Waals surface area contributed by atoms with E-state index in [-0.39, 0.29) is 31.1 Å². The molecule has 0 heterocycles. The van der Waals surface area contributed by atoms with Crippen LogP contribution in [0.25, 0.3) is 0 Å². The highest BCUT2D eigenvalue weighted by Crippen LogP contribution is 2.16. The highest BCUT2D eigenvalue weighted by atomic mass is 16.6. The van der Waals surface area contributed by atoms with Crippen molar-refractivity contribution in [1.29, 1.82) is 0 Å². The summed E-state index contributed by atoms with van der Waals surface area (Å²) in [6.45, 7) is 6.63. The first kappa shape index (κ1) is 55.2. The normalized spacial score (nSPS) is 12.0. The summed E-state index contributed by atoms with van der Waals surface area (Å²) in [6.07, 6.45) is 50.4. The van der Waals surface area contributed by atoms with E-state index in [1.54, 1.807) is 0 Å². The van der Waals surface area contributed by atoms with Crippen LogP contribution in [0.1, 0.15) is 278 Å². The predicted octanol–water partition coefficient (Wildman–Crippen LogP) is 16.2. The molecule has 6 heteroatoms. The summed E-state index contributed by atoms with van der Waals surface area (Å²) >= 11 is 0. The van der Waals surface area contributed by atoms with E-state index in [9.17, 15) is 14.4 Å². The maximum absolute atomic E-state index is 12.8. The number of hydrogen-bond acceptors (Lipinski definition) is 6. The molecule has 0 aromatic carbocycles. The van der Waals surface area contributed by atoms with Gasteiger partial charge in [0.05, 0.1) is 0 Å². The number of unbranched alkanes of at least 4 members (excludes halogenated alkanes) is 33. The third kappa shape index (κ3) is 45.1. The molecule has 0 aliphatic carbocycles. The lowest BCUT2D eigenvalue weighted by molar-refractivity contribution is -0.167. The Morgan fingerprint density at radius 3 is 0.912 bits per heavy atom. The Kier molecular flexibility index (Phi) is 45.3. The second kappa shape index (κ2) is 46.8. The smallest absolute Gasteiger partial charge is 0.306 e. The number of esters is 3. The molecule has 0 fully saturated rings. The monoisotopic (exact) mass is 805 g/mol.